The van der Waals surface area contributed by atoms with Crippen LogP contribution >= 0.6 is 11.3 Å². The maximum absolute atomic E-state index is 11.9. The molecule has 92 valence electrons. The van der Waals surface area contributed by atoms with Gasteiger partial charge in [0.2, 0.25) is 0 Å². The van der Waals surface area contributed by atoms with Gasteiger partial charge in [0.05, 0.1) is 11.3 Å². The molecular formula is C12H12N4OS. The summed E-state index contributed by atoms with van der Waals surface area (Å²) in [6.45, 7) is 1.79. The van der Waals surface area contributed by atoms with Gasteiger partial charge in [-0.1, -0.05) is 0 Å². The highest BCUT2D eigenvalue weighted by Gasteiger charge is 2.16. The zero-order valence-electron chi connectivity index (χ0n) is 9.64. The van der Waals surface area contributed by atoms with E-state index in [4.69, 9.17) is 0 Å². The van der Waals surface area contributed by atoms with Crippen LogP contribution in [-0.4, -0.2) is 22.4 Å². The number of fused-ring (bicyclic) bond motifs is 1. The lowest BCUT2D eigenvalue weighted by Gasteiger charge is -2.09. The molecule has 0 saturated heterocycles. The first-order valence-corrected chi connectivity index (χ1v) is 6.55. The molecule has 1 aliphatic rings. The number of rotatable bonds is 2. The molecule has 3 rings (SSSR count). The van der Waals surface area contributed by atoms with Crippen molar-refractivity contribution in [2.24, 2.45) is 0 Å². The van der Waals surface area contributed by atoms with Crippen LogP contribution in [0.25, 0.3) is 0 Å². The summed E-state index contributed by atoms with van der Waals surface area (Å²) in [5.41, 5.74) is 1.64. The Balaban J connectivity index is 1.77. The molecule has 0 atom stereocenters. The quantitative estimate of drug-likeness (QED) is 0.857. The van der Waals surface area contributed by atoms with Crippen LogP contribution in [-0.2, 0) is 13.0 Å². The zero-order chi connectivity index (χ0) is 12.4. The summed E-state index contributed by atoms with van der Waals surface area (Å²) in [4.78, 5) is 21.5. The minimum atomic E-state index is -0.165. The van der Waals surface area contributed by atoms with Gasteiger partial charge in [0.1, 0.15) is 0 Å². The normalized spacial score (nSPS) is 14.0. The van der Waals surface area contributed by atoms with Crippen molar-refractivity contribution < 1.29 is 4.79 Å². The SMILES string of the molecule is O=C(Nc1nc2c(s1)CNCC2)c1cccnc1. The number of hydrogen-bond donors (Lipinski definition) is 2. The molecular weight excluding hydrogens is 248 g/mol. The lowest BCUT2D eigenvalue weighted by Crippen LogP contribution is -2.22. The monoisotopic (exact) mass is 260 g/mol. The van der Waals surface area contributed by atoms with E-state index in [0.717, 1.165) is 25.2 Å². The van der Waals surface area contributed by atoms with E-state index < -0.39 is 0 Å². The molecule has 2 aromatic rings. The Morgan fingerprint density at radius 3 is 3.22 bits per heavy atom. The minimum absolute atomic E-state index is 0.165. The number of carbonyl (C=O) groups excluding carboxylic acids is 1. The Labute approximate surface area is 108 Å². The van der Waals surface area contributed by atoms with Gasteiger partial charge in [0, 0.05) is 36.8 Å². The molecule has 0 saturated carbocycles. The second-order valence-corrected chi connectivity index (χ2v) is 5.10. The molecule has 18 heavy (non-hydrogen) atoms. The molecule has 3 heterocycles. The van der Waals surface area contributed by atoms with Gasteiger partial charge in [-0.05, 0) is 12.1 Å². The lowest BCUT2D eigenvalue weighted by molar-refractivity contribution is 0.102. The van der Waals surface area contributed by atoms with Crippen molar-refractivity contribution in [3.05, 3.63) is 40.7 Å². The van der Waals surface area contributed by atoms with E-state index in [0.29, 0.717) is 10.7 Å². The van der Waals surface area contributed by atoms with Crippen LogP contribution in [0.1, 0.15) is 20.9 Å². The predicted molar refractivity (Wildman–Crippen MR) is 69.7 cm³/mol. The van der Waals surface area contributed by atoms with Crippen molar-refractivity contribution in [3.63, 3.8) is 0 Å². The molecule has 0 radical (unpaired) electrons. The number of pyridine rings is 1. The van der Waals surface area contributed by atoms with E-state index in [-0.39, 0.29) is 5.91 Å². The van der Waals surface area contributed by atoms with Crippen LogP contribution in [0.4, 0.5) is 5.13 Å². The summed E-state index contributed by atoms with van der Waals surface area (Å²) < 4.78 is 0. The van der Waals surface area contributed by atoms with Gasteiger partial charge in [-0.15, -0.1) is 11.3 Å². The van der Waals surface area contributed by atoms with Crippen LogP contribution in [0.3, 0.4) is 0 Å². The average Bonchev–Trinajstić information content (AvgIpc) is 2.82. The highest BCUT2D eigenvalue weighted by Crippen LogP contribution is 2.25. The van der Waals surface area contributed by atoms with Crippen molar-refractivity contribution in [2.75, 3.05) is 11.9 Å². The fourth-order valence-electron chi connectivity index (χ4n) is 1.85. The number of hydrogen-bond acceptors (Lipinski definition) is 5. The van der Waals surface area contributed by atoms with Crippen molar-refractivity contribution in [1.82, 2.24) is 15.3 Å². The molecule has 0 bridgehead atoms. The molecule has 2 N–H and O–H groups in total. The Kier molecular flexibility index (Phi) is 3.04. The summed E-state index contributed by atoms with van der Waals surface area (Å²) in [5.74, 6) is -0.165. The van der Waals surface area contributed by atoms with E-state index in [9.17, 15) is 4.79 Å². The third kappa shape index (κ3) is 2.25. The third-order valence-corrected chi connectivity index (χ3v) is 3.76. The van der Waals surface area contributed by atoms with E-state index in [1.807, 2.05) is 0 Å². The Morgan fingerprint density at radius 2 is 2.44 bits per heavy atom. The number of thiazole rings is 1. The summed E-state index contributed by atoms with van der Waals surface area (Å²) >= 11 is 1.53. The summed E-state index contributed by atoms with van der Waals surface area (Å²) in [6.07, 6.45) is 4.11. The topological polar surface area (TPSA) is 66.9 Å². The van der Waals surface area contributed by atoms with Gasteiger partial charge in [-0.3, -0.25) is 15.1 Å². The summed E-state index contributed by atoms with van der Waals surface area (Å²) in [5, 5.41) is 6.77. The minimum Gasteiger partial charge on any atom is -0.311 e. The standard InChI is InChI=1S/C12H12N4OS/c17-11(8-2-1-4-13-6-8)16-12-15-9-3-5-14-7-10(9)18-12/h1-2,4,6,14H,3,5,7H2,(H,15,16,17). The van der Waals surface area contributed by atoms with E-state index in [2.05, 4.69) is 20.6 Å². The number of nitrogens with one attached hydrogen (secondary N) is 2. The van der Waals surface area contributed by atoms with Gasteiger partial charge in [-0.2, -0.15) is 0 Å². The second kappa shape index (κ2) is 4.83. The summed E-state index contributed by atoms with van der Waals surface area (Å²) in [6, 6.07) is 3.48. The van der Waals surface area contributed by atoms with Crippen LogP contribution in [0.5, 0.6) is 0 Å². The van der Waals surface area contributed by atoms with Crippen LogP contribution in [0.15, 0.2) is 24.5 Å². The summed E-state index contributed by atoms with van der Waals surface area (Å²) in [7, 11) is 0. The third-order valence-electron chi connectivity index (χ3n) is 2.75. The first-order valence-electron chi connectivity index (χ1n) is 5.73. The molecule has 0 fully saturated rings. The van der Waals surface area contributed by atoms with Gasteiger partial charge in [0.15, 0.2) is 5.13 Å². The highest BCUT2D eigenvalue weighted by atomic mass is 32.1. The van der Waals surface area contributed by atoms with Crippen LogP contribution in [0.2, 0.25) is 0 Å². The first kappa shape index (κ1) is 11.3. The molecule has 0 aromatic carbocycles. The molecule has 1 amide bonds. The van der Waals surface area contributed by atoms with Gasteiger partial charge < -0.3 is 5.32 Å². The van der Waals surface area contributed by atoms with Crippen LogP contribution in [0, 0.1) is 0 Å². The van der Waals surface area contributed by atoms with E-state index >= 15 is 0 Å². The van der Waals surface area contributed by atoms with Crippen molar-refractivity contribution in [2.45, 2.75) is 13.0 Å². The fourth-order valence-corrected chi connectivity index (χ4v) is 2.82. The second-order valence-electron chi connectivity index (χ2n) is 4.01. The predicted octanol–water partition coefficient (Wildman–Crippen LogP) is 1.44. The Morgan fingerprint density at radius 1 is 1.50 bits per heavy atom. The number of nitrogens with zero attached hydrogens (tertiary/aromatic N) is 2. The largest absolute Gasteiger partial charge is 0.311 e. The van der Waals surface area contributed by atoms with E-state index in [1.54, 1.807) is 24.5 Å². The number of anilines is 1. The Hall–Kier alpha value is -1.79. The maximum Gasteiger partial charge on any atom is 0.259 e. The molecule has 6 heteroatoms. The number of aromatic nitrogens is 2. The first-order chi connectivity index (χ1) is 8.83. The van der Waals surface area contributed by atoms with Gasteiger partial charge >= 0.3 is 0 Å². The number of carbonyl (C=O) groups is 1. The highest BCUT2D eigenvalue weighted by molar-refractivity contribution is 7.15. The molecule has 0 unspecified atom stereocenters. The van der Waals surface area contributed by atoms with Gasteiger partial charge in [0.25, 0.3) is 5.91 Å². The Bertz CT molecular complexity index is 543. The fraction of sp³-hybridized carbons (Fsp3) is 0.250. The molecule has 2 aromatic heterocycles. The zero-order valence-corrected chi connectivity index (χ0v) is 10.5. The van der Waals surface area contributed by atoms with Crippen LogP contribution < -0.4 is 10.6 Å². The van der Waals surface area contributed by atoms with Crippen molar-refractivity contribution in [1.29, 1.82) is 0 Å². The lowest BCUT2D eigenvalue weighted by atomic mass is 10.2. The van der Waals surface area contributed by atoms with Crippen molar-refractivity contribution >= 4 is 22.4 Å². The average molecular weight is 260 g/mol. The molecule has 0 aliphatic carbocycles. The van der Waals surface area contributed by atoms with E-state index in [1.165, 1.54) is 16.2 Å². The number of amides is 1. The molecule has 5 nitrogen and oxygen atoms in total. The molecule has 0 spiro atoms. The maximum atomic E-state index is 11.9. The smallest absolute Gasteiger partial charge is 0.259 e. The molecule has 1 aliphatic heterocycles. The van der Waals surface area contributed by atoms with Gasteiger partial charge in [-0.25, -0.2) is 4.98 Å². The van der Waals surface area contributed by atoms with Crippen molar-refractivity contribution in [3.8, 4) is 0 Å².